The van der Waals surface area contributed by atoms with Crippen molar-refractivity contribution in [2.24, 2.45) is 0 Å². The Bertz CT molecular complexity index is 360. The molecule has 0 heterocycles. The lowest BCUT2D eigenvalue weighted by Crippen LogP contribution is -2.35. The van der Waals surface area contributed by atoms with Gasteiger partial charge in [-0.25, -0.2) is 8.78 Å². The summed E-state index contributed by atoms with van der Waals surface area (Å²) < 4.78 is 27.5. The Labute approximate surface area is 99.3 Å². The Hall–Kier alpha value is -1.20. The highest BCUT2D eigenvalue weighted by Gasteiger charge is 2.19. The monoisotopic (exact) mass is 245 g/mol. The molecule has 0 saturated heterocycles. The summed E-state index contributed by atoms with van der Waals surface area (Å²) in [6.07, 6.45) is 0. The SMILES string of the molecule is CC(C)N(CCO)c1c(F)cc(CO)cc1F. The quantitative estimate of drug-likeness (QED) is 0.829. The van der Waals surface area contributed by atoms with E-state index in [2.05, 4.69) is 0 Å². The lowest BCUT2D eigenvalue weighted by atomic mass is 10.1. The molecular weight excluding hydrogens is 228 g/mol. The first-order chi connectivity index (χ1) is 8.01. The highest BCUT2D eigenvalue weighted by atomic mass is 19.1. The second-order valence-corrected chi connectivity index (χ2v) is 4.08. The fourth-order valence-corrected chi connectivity index (χ4v) is 1.72. The van der Waals surface area contributed by atoms with Crippen LogP contribution in [0.25, 0.3) is 0 Å². The van der Waals surface area contributed by atoms with Crippen molar-refractivity contribution in [2.75, 3.05) is 18.1 Å². The Morgan fingerprint density at radius 3 is 2.06 bits per heavy atom. The van der Waals surface area contributed by atoms with Gasteiger partial charge >= 0.3 is 0 Å². The third-order valence-electron chi connectivity index (χ3n) is 2.51. The van der Waals surface area contributed by atoms with Crippen LogP contribution in [0.1, 0.15) is 19.4 Å². The van der Waals surface area contributed by atoms with Crippen LogP contribution in [0.4, 0.5) is 14.5 Å². The molecule has 1 aromatic rings. The van der Waals surface area contributed by atoms with Gasteiger partial charge in [0.15, 0.2) is 0 Å². The van der Waals surface area contributed by atoms with Crippen LogP contribution in [-0.4, -0.2) is 29.4 Å². The molecule has 0 aliphatic heterocycles. The van der Waals surface area contributed by atoms with Gasteiger partial charge in [-0.1, -0.05) is 0 Å². The predicted molar refractivity (Wildman–Crippen MR) is 61.8 cm³/mol. The van der Waals surface area contributed by atoms with Crippen molar-refractivity contribution in [1.82, 2.24) is 0 Å². The van der Waals surface area contributed by atoms with E-state index >= 15 is 0 Å². The minimum atomic E-state index is -0.726. The van der Waals surface area contributed by atoms with Crippen LogP contribution < -0.4 is 4.90 Å². The van der Waals surface area contributed by atoms with Crippen LogP contribution in [0, 0.1) is 11.6 Å². The molecule has 0 bridgehead atoms. The molecule has 5 heteroatoms. The molecule has 0 spiro atoms. The highest BCUT2D eigenvalue weighted by Crippen LogP contribution is 2.26. The molecule has 17 heavy (non-hydrogen) atoms. The maximum atomic E-state index is 13.8. The van der Waals surface area contributed by atoms with Gasteiger partial charge in [0.05, 0.1) is 13.2 Å². The van der Waals surface area contributed by atoms with Crippen molar-refractivity contribution < 1.29 is 19.0 Å². The predicted octanol–water partition coefficient (Wildman–Crippen LogP) is 1.66. The second kappa shape index (κ2) is 5.93. The molecule has 0 aliphatic rings. The summed E-state index contributed by atoms with van der Waals surface area (Å²) in [6.45, 7) is 3.14. The van der Waals surface area contributed by atoms with Crippen LogP contribution in [0.3, 0.4) is 0 Å². The molecule has 1 rings (SSSR count). The third-order valence-corrected chi connectivity index (χ3v) is 2.51. The minimum absolute atomic E-state index is 0.133. The van der Waals surface area contributed by atoms with E-state index in [1.165, 1.54) is 4.90 Å². The zero-order chi connectivity index (χ0) is 13.0. The molecule has 0 atom stereocenters. The van der Waals surface area contributed by atoms with Crippen molar-refractivity contribution >= 4 is 5.69 Å². The normalized spacial score (nSPS) is 11.0. The molecule has 1 aromatic carbocycles. The maximum Gasteiger partial charge on any atom is 0.149 e. The van der Waals surface area contributed by atoms with E-state index in [1.807, 2.05) is 0 Å². The van der Waals surface area contributed by atoms with Crippen molar-refractivity contribution in [2.45, 2.75) is 26.5 Å². The Kier molecular flexibility index (Phi) is 4.84. The molecule has 0 saturated carbocycles. The lowest BCUT2D eigenvalue weighted by molar-refractivity contribution is 0.280. The van der Waals surface area contributed by atoms with Crippen LogP contribution in [0.5, 0.6) is 0 Å². The fourth-order valence-electron chi connectivity index (χ4n) is 1.72. The second-order valence-electron chi connectivity index (χ2n) is 4.08. The molecule has 0 unspecified atom stereocenters. The molecule has 0 aliphatic carbocycles. The van der Waals surface area contributed by atoms with Gasteiger partial charge in [-0.05, 0) is 31.5 Å². The van der Waals surface area contributed by atoms with E-state index in [4.69, 9.17) is 10.2 Å². The third kappa shape index (κ3) is 3.14. The topological polar surface area (TPSA) is 43.7 Å². The summed E-state index contributed by atoms with van der Waals surface area (Å²) in [4.78, 5) is 1.45. The van der Waals surface area contributed by atoms with Crippen LogP contribution in [0.2, 0.25) is 0 Å². The van der Waals surface area contributed by atoms with Gasteiger partial charge in [0.25, 0.3) is 0 Å². The van der Waals surface area contributed by atoms with Gasteiger partial charge in [0.2, 0.25) is 0 Å². The van der Waals surface area contributed by atoms with Crippen LogP contribution in [0.15, 0.2) is 12.1 Å². The molecule has 2 N–H and O–H groups in total. The number of anilines is 1. The highest BCUT2D eigenvalue weighted by molar-refractivity contribution is 5.51. The summed E-state index contributed by atoms with van der Waals surface area (Å²) in [7, 11) is 0. The van der Waals surface area contributed by atoms with E-state index in [0.29, 0.717) is 0 Å². The van der Waals surface area contributed by atoms with E-state index in [1.54, 1.807) is 13.8 Å². The first-order valence-electron chi connectivity index (χ1n) is 5.47. The first-order valence-corrected chi connectivity index (χ1v) is 5.47. The fraction of sp³-hybridized carbons (Fsp3) is 0.500. The number of nitrogens with zero attached hydrogens (tertiary/aromatic N) is 1. The van der Waals surface area contributed by atoms with Crippen molar-refractivity contribution in [3.63, 3.8) is 0 Å². The molecule has 0 radical (unpaired) electrons. The summed E-state index contributed by atoms with van der Waals surface area (Å²) in [5.74, 6) is -1.45. The number of aliphatic hydroxyl groups excluding tert-OH is 2. The molecule has 0 fully saturated rings. The lowest BCUT2D eigenvalue weighted by Gasteiger charge is -2.29. The molecule has 0 amide bonds. The molecular formula is C12H17F2NO2. The minimum Gasteiger partial charge on any atom is -0.395 e. The molecule has 3 nitrogen and oxygen atoms in total. The number of benzene rings is 1. The van der Waals surface area contributed by atoms with E-state index < -0.39 is 18.2 Å². The smallest absolute Gasteiger partial charge is 0.149 e. The summed E-state index contributed by atoms with van der Waals surface area (Å²) >= 11 is 0. The van der Waals surface area contributed by atoms with E-state index in [0.717, 1.165) is 12.1 Å². The standard InChI is InChI=1S/C12H17F2NO2/c1-8(2)15(3-4-16)12-10(13)5-9(7-17)6-11(12)14/h5-6,8,16-17H,3-4,7H2,1-2H3. The van der Waals surface area contributed by atoms with Gasteiger partial charge < -0.3 is 15.1 Å². The largest absolute Gasteiger partial charge is 0.395 e. The summed E-state index contributed by atoms with van der Waals surface area (Å²) in [6, 6.07) is 2.07. The zero-order valence-corrected chi connectivity index (χ0v) is 9.95. The molecule has 96 valence electrons. The van der Waals surface area contributed by atoms with E-state index in [9.17, 15) is 8.78 Å². The summed E-state index contributed by atoms with van der Waals surface area (Å²) in [5.41, 5.74) is 0.0303. The number of aliphatic hydroxyl groups is 2. The van der Waals surface area contributed by atoms with Crippen LogP contribution >= 0.6 is 0 Å². The summed E-state index contributed by atoms with van der Waals surface area (Å²) in [5, 5.41) is 17.7. The number of hydrogen-bond acceptors (Lipinski definition) is 3. The van der Waals surface area contributed by atoms with Gasteiger partial charge in [-0.15, -0.1) is 0 Å². The van der Waals surface area contributed by atoms with Gasteiger partial charge in [0.1, 0.15) is 17.3 Å². The molecule has 0 aromatic heterocycles. The zero-order valence-electron chi connectivity index (χ0n) is 9.95. The number of halogens is 2. The first kappa shape index (κ1) is 13.9. The Morgan fingerprint density at radius 1 is 1.18 bits per heavy atom. The Morgan fingerprint density at radius 2 is 1.71 bits per heavy atom. The van der Waals surface area contributed by atoms with Crippen molar-refractivity contribution in [1.29, 1.82) is 0 Å². The van der Waals surface area contributed by atoms with Gasteiger partial charge in [-0.3, -0.25) is 0 Å². The van der Waals surface area contributed by atoms with Crippen molar-refractivity contribution in [3.05, 3.63) is 29.3 Å². The van der Waals surface area contributed by atoms with E-state index in [-0.39, 0.29) is 30.4 Å². The van der Waals surface area contributed by atoms with Crippen molar-refractivity contribution in [3.8, 4) is 0 Å². The van der Waals surface area contributed by atoms with Gasteiger partial charge in [-0.2, -0.15) is 0 Å². The number of rotatable bonds is 5. The average Bonchev–Trinajstić information content (AvgIpc) is 2.26. The Balaban J connectivity index is 3.19. The maximum absolute atomic E-state index is 13.8. The average molecular weight is 245 g/mol. The number of hydrogen-bond donors (Lipinski definition) is 2. The van der Waals surface area contributed by atoms with Crippen LogP contribution in [-0.2, 0) is 6.61 Å². The van der Waals surface area contributed by atoms with Gasteiger partial charge in [0, 0.05) is 12.6 Å².